The minimum atomic E-state index is -0.417. The van der Waals surface area contributed by atoms with Crippen LogP contribution in [0.3, 0.4) is 0 Å². The topological polar surface area (TPSA) is 69.2 Å². The fraction of sp³-hybridized carbons (Fsp3) is 0. The minimum absolute atomic E-state index is 0.137. The van der Waals surface area contributed by atoms with E-state index < -0.39 is 4.92 Å². The van der Waals surface area contributed by atoms with Gasteiger partial charge in [0, 0.05) is 23.7 Å². The average molecular weight is 266 g/mol. The Balaban J connectivity index is 0.000000321. The van der Waals surface area contributed by atoms with Crippen molar-refractivity contribution in [1.82, 2.24) is 0 Å². The Labute approximate surface area is 118 Å². The molecule has 4 heteroatoms. The number of nitro groups is 1. The first-order chi connectivity index (χ1) is 9.74. The third kappa shape index (κ3) is 7.16. The first-order valence-corrected chi connectivity index (χ1v) is 5.53. The number of benzene rings is 2. The van der Waals surface area contributed by atoms with Crippen LogP contribution in [-0.2, 0) is 0 Å². The van der Waals surface area contributed by atoms with E-state index in [2.05, 4.69) is 24.8 Å². The summed E-state index contributed by atoms with van der Waals surface area (Å²) in [5.41, 5.74) is 6.09. The lowest BCUT2D eigenvalue weighted by molar-refractivity contribution is -0.384. The molecule has 20 heavy (non-hydrogen) atoms. The number of rotatable bonds is 1. The van der Waals surface area contributed by atoms with Gasteiger partial charge in [0.1, 0.15) is 0 Å². The first-order valence-electron chi connectivity index (χ1n) is 5.53. The van der Waals surface area contributed by atoms with Crippen LogP contribution < -0.4 is 5.73 Å². The van der Waals surface area contributed by atoms with E-state index in [-0.39, 0.29) is 5.69 Å². The second-order valence-corrected chi connectivity index (χ2v) is 3.23. The summed E-state index contributed by atoms with van der Waals surface area (Å²) in [4.78, 5) is 9.59. The van der Waals surface area contributed by atoms with Gasteiger partial charge in [-0.2, -0.15) is 0 Å². The molecule has 4 nitrogen and oxygen atoms in total. The van der Waals surface area contributed by atoms with Crippen molar-refractivity contribution in [2.45, 2.75) is 0 Å². The molecule has 0 amide bonds. The molecule has 2 aromatic carbocycles. The Morgan fingerprint density at radius 1 is 0.950 bits per heavy atom. The van der Waals surface area contributed by atoms with Crippen LogP contribution in [0.4, 0.5) is 5.69 Å². The van der Waals surface area contributed by atoms with Gasteiger partial charge in [-0.25, -0.2) is 0 Å². The smallest absolute Gasteiger partial charge is 0.269 e. The summed E-state index contributed by atoms with van der Waals surface area (Å²) in [7, 11) is 0. The van der Waals surface area contributed by atoms with Crippen LogP contribution in [0.5, 0.6) is 0 Å². The van der Waals surface area contributed by atoms with Crippen LogP contribution in [0.25, 0.3) is 0 Å². The zero-order valence-electron chi connectivity index (χ0n) is 10.8. The molecule has 0 atom stereocenters. The molecule has 0 spiro atoms. The van der Waals surface area contributed by atoms with Gasteiger partial charge < -0.3 is 5.73 Å². The molecule has 2 N–H and O–H groups in total. The van der Waals surface area contributed by atoms with E-state index in [1.165, 1.54) is 12.1 Å². The van der Waals surface area contributed by atoms with E-state index >= 15 is 0 Å². The second kappa shape index (κ2) is 10.9. The van der Waals surface area contributed by atoms with Crippen LogP contribution in [0.1, 0.15) is 5.56 Å². The maximum atomic E-state index is 10.0. The van der Waals surface area contributed by atoms with Gasteiger partial charge in [0.05, 0.1) is 4.92 Å². The van der Waals surface area contributed by atoms with Crippen molar-refractivity contribution in [3.8, 4) is 24.8 Å². The third-order valence-corrected chi connectivity index (χ3v) is 1.96. The molecule has 2 aromatic rings. The Kier molecular flexibility index (Phi) is 9.12. The lowest BCUT2D eigenvalue weighted by Gasteiger charge is -1.85. The van der Waals surface area contributed by atoms with Crippen LogP contribution in [0, 0.1) is 34.9 Å². The Hall–Kier alpha value is -3.24. The predicted octanol–water partition coefficient (Wildman–Crippen LogP) is 2.80. The molecule has 0 heterocycles. The number of para-hydroxylation sites is 1. The van der Waals surface area contributed by atoms with Gasteiger partial charge in [-0.05, 0) is 18.1 Å². The summed E-state index contributed by atoms with van der Waals surface area (Å²) in [6.45, 7) is 0. The fourth-order valence-electron chi connectivity index (χ4n) is 1.15. The highest BCUT2D eigenvalue weighted by Crippen LogP contribution is 2.06. The van der Waals surface area contributed by atoms with Gasteiger partial charge in [-0.1, -0.05) is 36.4 Å². The van der Waals surface area contributed by atoms with Crippen molar-refractivity contribution < 1.29 is 4.92 Å². The SMILES string of the molecule is C#C.NC#Cc1ccccc1.O=[N+]([O-])c1ccccc1. The summed E-state index contributed by atoms with van der Waals surface area (Å²) in [5, 5.41) is 10.0. The summed E-state index contributed by atoms with van der Waals surface area (Å²) in [6, 6.07) is 19.9. The van der Waals surface area contributed by atoms with Crippen molar-refractivity contribution in [3.05, 3.63) is 76.3 Å². The second-order valence-electron chi connectivity index (χ2n) is 3.23. The molecule has 0 aliphatic carbocycles. The fourth-order valence-corrected chi connectivity index (χ4v) is 1.15. The number of hydrogen-bond donors (Lipinski definition) is 1. The Bertz CT molecular complexity index is 581. The molecule has 100 valence electrons. The summed E-state index contributed by atoms with van der Waals surface area (Å²) in [5.74, 6) is 2.74. The van der Waals surface area contributed by atoms with Crippen molar-refractivity contribution in [2.24, 2.45) is 5.73 Å². The number of hydrogen-bond acceptors (Lipinski definition) is 3. The van der Waals surface area contributed by atoms with E-state index in [1.807, 2.05) is 30.3 Å². The number of non-ortho nitro benzene ring substituents is 1. The zero-order chi connectivity index (χ0) is 15.2. The van der Waals surface area contributed by atoms with E-state index in [0.29, 0.717) is 0 Å². The van der Waals surface area contributed by atoms with Gasteiger partial charge in [0.15, 0.2) is 0 Å². The molecule has 0 aromatic heterocycles. The molecule has 0 radical (unpaired) electrons. The molecular weight excluding hydrogens is 252 g/mol. The van der Waals surface area contributed by atoms with E-state index in [4.69, 9.17) is 5.73 Å². The maximum Gasteiger partial charge on any atom is 0.269 e. The lowest BCUT2D eigenvalue weighted by Crippen LogP contribution is -1.84. The van der Waals surface area contributed by atoms with Gasteiger partial charge >= 0.3 is 0 Å². The largest absolute Gasteiger partial charge is 0.359 e. The Morgan fingerprint density at radius 3 is 1.75 bits per heavy atom. The third-order valence-electron chi connectivity index (χ3n) is 1.96. The van der Waals surface area contributed by atoms with Crippen LogP contribution in [-0.4, -0.2) is 4.92 Å². The van der Waals surface area contributed by atoms with Crippen LogP contribution in [0.2, 0.25) is 0 Å². The van der Waals surface area contributed by atoms with Gasteiger partial charge in [-0.3, -0.25) is 10.1 Å². The van der Waals surface area contributed by atoms with E-state index in [1.54, 1.807) is 18.2 Å². The molecule has 0 saturated heterocycles. The normalized spacial score (nSPS) is 7.50. The summed E-state index contributed by atoms with van der Waals surface area (Å²) in [6.07, 6.45) is 8.00. The number of nitro benzene ring substituents is 1. The van der Waals surface area contributed by atoms with E-state index in [0.717, 1.165) is 5.56 Å². The molecule has 0 unspecified atom stereocenters. The molecule has 0 saturated carbocycles. The minimum Gasteiger partial charge on any atom is -0.359 e. The van der Waals surface area contributed by atoms with Crippen LogP contribution in [0.15, 0.2) is 60.7 Å². The lowest BCUT2D eigenvalue weighted by atomic mass is 10.2. The summed E-state index contributed by atoms with van der Waals surface area (Å²) >= 11 is 0. The molecular formula is C16H14N2O2. The van der Waals surface area contributed by atoms with Gasteiger partial charge in [-0.15, -0.1) is 12.8 Å². The predicted molar refractivity (Wildman–Crippen MR) is 80.5 cm³/mol. The van der Waals surface area contributed by atoms with Crippen molar-refractivity contribution in [1.29, 1.82) is 0 Å². The molecule has 0 aliphatic rings. The quantitative estimate of drug-likeness (QED) is 0.373. The molecule has 0 aliphatic heterocycles. The number of nitrogens with two attached hydrogens (primary N) is 1. The van der Waals surface area contributed by atoms with Crippen molar-refractivity contribution in [2.75, 3.05) is 0 Å². The van der Waals surface area contributed by atoms with Crippen molar-refractivity contribution >= 4 is 5.69 Å². The highest BCUT2D eigenvalue weighted by atomic mass is 16.6. The first kappa shape index (κ1) is 16.8. The molecule has 0 bridgehead atoms. The summed E-state index contributed by atoms with van der Waals surface area (Å²) < 4.78 is 0. The molecule has 0 fully saturated rings. The zero-order valence-corrected chi connectivity index (χ0v) is 10.8. The highest BCUT2D eigenvalue weighted by Gasteiger charge is 1.98. The van der Waals surface area contributed by atoms with Gasteiger partial charge in [0.2, 0.25) is 0 Å². The van der Waals surface area contributed by atoms with Gasteiger partial charge in [0.25, 0.3) is 5.69 Å². The van der Waals surface area contributed by atoms with E-state index in [9.17, 15) is 10.1 Å². The number of nitrogens with zero attached hydrogens (tertiary/aromatic N) is 1. The average Bonchev–Trinajstić information content (AvgIpc) is 2.52. The highest BCUT2D eigenvalue weighted by molar-refractivity contribution is 5.32. The van der Waals surface area contributed by atoms with Crippen LogP contribution >= 0.6 is 0 Å². The maximum absolute atomic E-state index is 10.0. The number of terminal acetylenes is 1. The Morgan fingerprint density at radius 2 is 1.40 bits per heavy atom. The van der Waals surface area contributed by atoms with Crippen molar-refractivity contribution in [3.63, 3.8) is 0 Å². The standard InChI is InChI=1S/C8H7N.C6H5NO2.C2H2/c9-7-6-8-4-2-1-3-5-8;8-7(9)6-4-2-1-3-5-6;1-2/h1-5H,9H2;1-5H;1-2H. The molecule has 2 rings (SSSR count). The monoisotopic (exact) mass is 266 g/mol.